The number of aromatic amines is 1. The van der Waals surface area contributed by atoms with Gasteiger partial charge in [-0.1, -0.05) is 0 Å². The third-order valence-corrected chi connectivity index (χ3v) is 5.66. The summed E-state index contributed by atoms with van der Waals surface area (Å²) in [5.74, 6) is -0.648. The topological polar surface area (TPSA) is 94.3 Å². The minimum Gasteiger partial charge on any atom is -0.360 e. The normalized spacial score (nSPS) is 18.6. The Kier molecular flexibility index (Phi) is 4.86. The molecule has 7 nitrogen and oxygen atoms in total. The molecule has 3 amide bonds. The molecule has 1 aromatic carbocycles. The average molecular weight is 398 g/mol. The minimum absolute atomic E-state index is 0.00207. The smallest absolute Gasteiger partial charge is 0.253 e. The maximum absolute atomic E-state index is 13.5. The molecule has 0 saturated carbocycles. The van der Waals surface area contributed by atoms with Gasteiger partial charge in [-0.2, -0.15) is 0 Å². The summed E-state index contributed by atoms with van der Waals surface area (Å²) in [6, 6.07) is 4.26. The number of hydrogen-bond donors (Lipinski definition) is 3. The van der Waals surface area contributed by atoms with Gasteiger partial charge < -0.3 is 20.5 Å². The highest BCUT2D eigenvalue weighted by molar-refractivity contribution is 6.01. The van der Waals surface area contributed by atoms with Crippen LogP contribution in [-0.2, 0) is 22.6 Å². The molecule has 0 unspecified atom stereocenters. The van der Waals surface area contributed by atoms with E-state index in [1.807, 2.05) is 13.8 Å². The van der Waals surface area contributed by atoms with E-state index >= 15 is 0 Å². The maximum atomic E-state index is 13.5. The number of benzene rings is 1. The van der Waals surface area contributed by atoms with Crippen LogP contribution in [-0.4, -0.2) is 35.3 Å². The zero-order valence-electron chi connectivity index (χ0n) is 16.4. The van der Waals surface area contributed by atoms with Crippen LogP contribution >= 0.6 is 0 Å². The Labute approximate surface area is 167 Å². The van der Waals surface area contributed by atoms with Crippen molar-refractivity contribution >= 4 is 23.4 Å². The standard InChI is InChI=1S/C21H23FN4O3/c1-11-16(10-26-17-5-3-14(22)7-13(17)8-19(26)28)24-12(2)20(11)21(29)25-15-4-6-18(27)23-9-15/h3,5,7,15,24H,4,6,8-10H2,1-2H3,(H,23,27)(H,25,29)/t15-/m0/s1. The van der Waals surface area contributed by atoms with Gasteiger partial charge in [0.25, 0.3) is 5.91 Å². The number of piperidine rings is 1. The molecule has 8 heteroatoms. The van der Waals surface area contributed by atoms with Crippen molar-refractivity contribution in [3.8, 4) is 0 Å². The lowest BCUT2D eigenvalue weighted by Crippen LogP contribution is -2.47. The number of carbonyl (C=O) groups excluding carboxylic acids is 3. The number of carbonyl (C=O) groups is 3. The maximum Gasteiger partial charge on any atom is 0.253 e. The van der Waals surface area contributed by atoms with Gasteiger partial charge in [-0.15, -0.1) is 0 Å². The Morgan fingerprint density at radius 1 is 1.31 bits per heavy atom. The van der Waals surface area contributed by atoms with Gasteiger partial charge in [0, 0.05) is 36.1 Å². The van der Waals surface area contributed by atoms with Crippen LogP contribution in [0.1, 0.15) is 45.7 Å². The third kappa shape index (κ3) is 3.62. The second-order valence-electron chi connectivity index (χ2n) is 7.67. The van der Waals surface area contributed by atoms with E-state index in [1.165, 1.54) is 12.1 Å². The van der Waals surface area contributed by atoms with Crippen LogP contribution in [0.4, 0.5) is 10.1 Å². The summed E-state index contributed by atoms with van der Waals surface area (Å²) in [4.78, 5) is 41.4. The number of fused-ring (bicyclic) bond motifs is 1. The molecule has 2 aliphatic heterocycles. The van der Waals surface area contributed by atoms with Gasteiger partial charge >= 0.3 is 0 Å². The molecule has 0 spiro atoms. The molecular weight excluding hydrogens is 375 g/mol. The molecule has 1 fully saturated rings. The molecule has 1 saturated heterocycles. The van der Waals surface area contributed by atoms with Crippen molar-refractivity contribution < 1.29 is 18.8 Å². The summed E-state index contributed by atoms with van der Waals surface area (Å²) < 4.78 is 13.5. The Balaban J connectivity index is 1.53. The molecule has 0 aliphatic carbocycles. The van der Waals surface area contributed by atoms with Crippen molar-refractivity contribution in [2.75, 3.05) is 11.4 Å². The van der Waals surface area contributed by atoms with Crippen molar-refractivity contribution in [1.29, 1.82) is 0 Å². The summed E-state index contributed by atoms with van der Waals surface area (Å²) >= 11 is 0. The monoisotopic (exact) mass is 398 g/mol. The number of nitrogens with zero attached hydrogens (tertiary/aromatic N) is 1. The third-order valence-electron chi connectivity index (χ3n) is 5.66. The molecule has 2 aliphatic rings. The van der Waals surface area contributed by atoms with Gasteiger partial charge in [0.2, 0.25) is 11.8 Å². The number of amides is 3. The van der Waals surface area contributed by atoms with E-state index in [0.717, 1.165) is 17.0 Å². The molecule has 2 aromatic rings. The van der Waals surface area contributed by atoms with Gasteiger partial charge in [0.15, 0.2) is 0 Å². The number of aryl methyl sites for hydroxylation is 1. The minimum atomic E-state index is -0.358. The van der Waals surface area contributed by atoms with Crippen molar-refractivity contribution in [3.63, 3.8) is 0 Å². The molecule has 1 aromatic heterocycles. The second-order valence-corrected chi connectivity index (χ2v) is 7.67. The van der Waals surface area contributed by atoms with Crippen molar-refractivity contribution in [1.82, 2.24) is 15.6 Å². The molecule has 29 heavy (non-hydrogen) atoms. The number of rotatable bonds is 4. The van der Waals surface area contributed by atoms with Crippen LogP contribution in [0, 0.1) is 19.7 Å². The number of hydrogen-bond acceptors (Lipinski definition) is 3. The molecule has 152 valence electrons. The average Bonchev–Trinajstić information content (AvgIpc) is 3.12. The molecule has 0 radical (unpaired) electrons. The van der Waals surface area contributed by atoms with Crippen molar-refractivity contribution in [2.24, 2.45) is 0 Å². The van der Waals surface area contributed by atoms with Crippen LogP contribution in [0.15, 0.2) is 18.2 Å². The largest absolute Gasteiger partial charge is 0.360 e. The fourth-order valence-corrected chi connectivity index (χ4v) is 4.11. The zero-order valence-corrected chi connectivity index (χ0v) is 16.4. The Hall–Kier alpha value is -3.16. The molecule has 1 atom stereocenters. The van der Waals surface area contributed by atoms with Gasteiger partial charge in [-0.3, -0.25) is 14.4 Å². The highest BCUT2D eigenvalue weighted by atomic mass is 19.1. The van der Waals surface area contributed by atoms with Crippen molar-refractivity contribution in [2.45, 2.75) is 45.7 Å². The van der Waals surface area contributed by atoms with Gasteiger partial charge in [0.05, 0.1) is 18.5 Å². The summed E-state index contributed by atoms with van der Waals surface area (Å²) in [6.45, 7) is 4.39. The summed E-state index contributed by atoms with van der Waals surface area (Å²) in [7, 11) is 0. The molecule has 0 bridgehead atoms. The highest BCUT2D eigenvalue weighted by Gasteiger charge is 2.30. The predicted octanol–water partition coefficient (Wildman–Crippen LogP) is 1.87. The van der Waals surface area contributed by atoms with Crippen LogP contribution in [0.2, 0.25) is 0 Å². The first-order valence-corrected chi connectivity index (χ1v) is 9.68. The lowest BCUT2D eigenvalue weighted by Gasteiger charge is -2.23. The number of H-pyrrole nitrogens is 1. The lowest BCUT2D eigenvalue weighted by molar-refractivity contribution is -0.122. The summed E-state index contributed by atoms with van der Waals surface area (Å²) in [6.07, 6.45) is 1.19. The fourth-order valence-electron chi connectivity index (χ4n) is 4.11. The van der Waals surface area contributed by atoms with E-state index in [-0.39, 0.29) is 42.5 Å². The summed E-state index contributed by atoms with van der Waals surface area (Å²) in [5, 5.41) is 5.74. The first-order chi connectivity index (χ1) is 13.8. The summed E-state index contributed by atoms with van der Waals surface area (Å²) in [5.41, 5.74) is 4.21. The van der Waals surface area contributed by atoms with Crippen molar-refractivity contribution in [3.05, 3.63) is 52.1 Å². The molecule has 4 rings (SSSR count). The van der Waals surface area contributed by atoms with E-state index in [9.17, 15) is 18.8 Å². The number of aromatic nitrogens is 1. The Bertz CT molecular complexity index is 1000. The van der Waals surface area contributed by atoms with E-state index in [0.29, 0.717) is 36.2 Å². The number of nitrogens with one attached hydrogen (secondary N) is 3. The molecular formula is C21H23FN4O3. The first-order valence-electron chi connectivity index (χ1n) is 9.68. The number of halogens is 1. The molecule has 3 N–H and O–H groups in total. The van der Waals surface area contributed by atoms with E-state index in [4.69, 9.17) is 0 Å². The molecule has 3 heterocycles. The lowest BCUT2D eigenvalue weighted by atomic mass is 10.0. The van der Waals surface area contributed by atoms with Crippen LogP contribution in [0.5, 0.6) is 0 Å². The van der Waals surface area contributed by atoms with Gasteiger partial charge in [-0.05, 0) is 49.6 Å². The first kappa shape index (κ1) is 19.2. The van der Waals surface area contributed by atoms with E-state index in [2.05, 4.69) is 15.6 Å². The Morgan fingerprint density at radius 3 is 2.83 bits per heavy atom. The van der Waals surface area contributed by atoms with E-state index in [1.54, 1.807) is 11.0 Å². The van der Waals surface area contributed by atoms with Gasteiger partial charge in [0.1, 0.15) is 5.82 Å². The van der Waals surface area contributed by atoms with Crippen LogP contribution < -0.4 is 15.5 Å². The predicted molar refractivity (Wildman–Crippen MR) is 105 cm³/mol. The van der Waals surface area contributed by atoms with E-state index < -0.39 is 0 Å². The highest BCUT2D eigenvalue weighted by Crippen LogP contribution is 2.32. The fraction of sp³-hybridized carbons (Fsp3) is 0.381. The Morgan fingerprint density at radius 2 is 2.10 bits per heavy atom. The van der Waals surface area contributed by atoms with Crippen LogP contribution in [0.25, 0.3) is 0 Å². The number of anilines is 1. The van der Waals surface area contributed by atoms with Gasteiger partial charge in [-0.25, -0.2) is 4.39 Å². The zero-order chi connectivity index (χ0) is 20.7. The second kappa shape index (κ2) is 7.35. The SMILES string of the molecule is Cc1[nH]c(CN2C(=O)Cc3cc(F)ccc32)c(C)c1C(=O)N[C@H]1CCC(=O)NC1. The van der Waals surface area contributed by atoms with Crippen LogP contribution in [0.3, 0.4) is 0 Å². The quantitative estimate of drug-likeness (QED) is 0.734.